The Balaban J connectivity index is 1.99. The third-order valence-corrected chi connectivity index (χ3v) is 2.26. The molecule has 0 aliphatic carbocycles. The van der Waals surface area contributed by atoms with Crippen LogP contribution in [0.25, 0.3) is 0 Å². The van der Waals surface area contributed by atoms with Crippen LogP contribution in [0.1, 0.15) is 17.1 Å². The van der Waals surface area contributed by atoms with Crippen molar-refractivity contribution in [1.29, 1.82) is 0 Å². The van der Waals surface area contributed by atoms with Crippen LogP contribution in [0.2, 0.25) is 0 Å². The van der Waals surface area contributed by atoms with Crippen molar-refractivity contribution in [3.63, 3.8) is 0 Å². The van der Waals surface area contributed by atoms with E-state index in [4.69, 9.17) is 14.3 Å². The molecule has 0 atom stereocenters. The van der Waals surface area contributed by atoms with E-state index in [9.17, 15) is 0 Å². The summed E-state index contributed by atoms with van der Waals surface area (Å²) >= 11 is 0. The lowest BCUT2D eigenvalue weighted by molar-refractivity contribution is 0.263. The first-order valence-electron chi connectivity index (χ1n) is 5.16. The number of aliphatic hydroxyl groups excluding tert-OH is 1. The van der Waals surface area contributed by atoms with E-state index in [0.29, 0.717) is 6.61 Å². The molecule has 1 aromatic carbocycles. The van der Waals surface area contributed by atoms with Crippen LogP contribution in [0.15, 0.2) is 40.8 Å². The molecule has 3 heteroatoms. The molecule has 1 N–H and O–H groups in total. The van der Waals surface area contributed by atoms with Gasteiger partial charge in [-0.05, 0) is 36.8 Å². The molecular formula is C13H14O3. The van der Waals surface area contributed by atoms with Gasteiger partial charge in [-0.1, -0.05) is 12.1 Å². The number of hydrogen-bond donors (Lipinski definition) is 1. The summed E-state index contributed by atoms with van der Waals surface area (Å²) < 4.78 is 10.9. The van der Waals surface area contributed by atoms with E-state index in [1.54, 1.807) is 0 Å². The zero-order chi connectivity index (χ0) is 11.4. The second-order valence-corrected chi connectivity index (χ2v) is 3.61. The van der Waals surface area contributed by atoms with Crippen LogP contribution in [-0.4, -0.2) is 5.11 Å². The summed E-state index contributed by atoms with van der Waals surface area (Å²) in [4.78, 5) is 0. The summed E-state index contributed by atoms with van der Waals surface area (Å²) in [5.74, 6) is 2.41. The number of ether oxygens (including phenoxy) is 1. The van der Waals surface area contributed by atoms with Crippen LogP contribution >= 0.6 is 0 Å². The van der Waals surface area contributed by atoms with Crippen LogP contribution in [0, 0.1) is 6.92 Å². The maximum atomic E-state index is 8.98. The quantitative estimate of drug-likeness (QED) is 0.857. The minimum Gasteiger partial charge on any atom is -0.486 e. The highest BCUT2D eigenvalue weighted by atomic mass is 16.5. The number of benzene rings is 1. The van der Waals surface area contributed by atoms with E-state index in [2.05, 4.69) is 0 Å². The lowest BCUT2D eigenvalue weighted by Crippen LogP contribution is -1.94. The van der Waals surface area contributed by atoms with E-state index in [1.807, 2.05) is 43.3 Å². The van der Waals surface area contributed by atoms with Gasteiger partial charge < -0.3 is 14.3 Å². The largest absolute Gasteiger partial charge is 0.486 e. The van der Waals surface area contributed by atoms with Gasteiger partial charge in [0, 0.05) is 0 Å². The molecule has 16 heavy (non-hydrogen) atoms. The molecule has 0 bridgehead atoms. The van der Waals surface area contributed by atoms with Crippen molar-refractivity contribution in [1.82, 2.24) is 0 Å². The average molecular weight is 218 g/mol. The summed E-state index contributed by atoms with van der Waals surface area (Å²) in [5.41, 5.74) is 0.841. The fourth-order valence-corrected chi connectivity index (χ4v) is 1.45. The second kappa shape index (κ2) is 4.86. The van der Waals surface area contributed by atoms with Crippen molar-refractivity contribution in [2.24, 2.45) is 0 Å². The molecule has 2 rings (SSSR count). The Labute approximate surface area is 94.3 Å². The average Bonchev–Trinajstić information content (AvgIpc) is 2.73. The zero-order valence-electron chi connectivity index (χ0n) is 9.14. The number of aliphatic hydroxyl groups is 1. The van der Waals surface area contributed by atoms with Gasteiger partial charge in [0.15, 0.2) is 0 Å². The molecule has 0 aliphatic heterocycles. The van der Waals surface area contributed by atoms with Crippen molar-refractivity contribution in [3.8, 4) is 5.75 Å². The number of furan rings is 1. The zero-order valence-corrected chi connectivity index (χ0v) is 9.14. The van der Waals surface area contributed by atoms with Crippen LogP contribution in [0.3, 0.4) is 0 Å². The third-order valence-electron chi connectivity index (χ3n) is 2.26. The minimum absolute atomic E-state index is 0.0249. The summed E-state index contributed by atoms with van der Waals surface area (Å²) in [6.45, 7) is 2.33. The Morgan fingerprint density at radius 3 is 2.81 bits per heavy atom. The van der Waals surface area contributed by atoms with Crippen molar-refractivity contribution < 1.29 is 14.3 Å². The Morgan fingerprint density at radius 1 is 1.25 bits per heavy atom. The summed E-state index contributed by atoms with van der Waals surface area (Å²) in [5, 5.41) is 8.98. The third kappa shape index (κ3) is 2.64. The summed E-state index contributed by atoms with van der Waals surface area (Å²) in [7, 11) is 0. The van der Waals surface area contributed by atoms with Gasteiger partial charge in [0.2, 0.25) is 0 Å². The standard InChI is InChI=1S/C13H14O3/c1-10-5-6-13(16-10)9-15-12-4-2-3-11(7-12)8-14/h2-7,14H,8-9H2,1H3. The van der Waals surface area contributed by atoms with Crippen molar-refractivity contribution >= 4 is 0 Å². The predicted octanol–water partition coefficient (Wildman–Crippen LogP) is 2.66. The van der Waals surface area contributed by atoms with Crippen LogP contribution in [0.5, 0.6) is 5.75 Å². The normalized spacial score (nSPS) is 10.4. The molecular weight excluding hydrogens is 204 g/mol. The fourth-order valence-electron chi connectivity index (χ4n) is 1.45. The highest BCUT2D eigenvalue weighted by molar-refractivity contribution is 5.28. The van der Waals surface area contributed by atoms with Gasteiger partial charge in [-0.15, -0.1) is 0 Å². The lowest BCUT2D eigenvalue weighted by atomic mass is 10.2. The van der Waals surface area contributed by atoms with E-state index in [-0.39, 0.29) is 6.61 Å². The predicted molar refractivity (Wildman–Crippen MR) is 60.1 cm³/mol. The molecule has 2 aromatic rings. The maximum Gasteiger partial charge on any atom is 0.146 e. The van der Waals surface area contributed by atoms with Gasteiger partial charge in [0.1, 0.15) is 23.9 Å². The summed E-state index contributed by atoms with van der Waals surface area (Å²) in [6.07, 6.45) is 0. The van der Waals surface area contributed by atoms with Gasteiger partial charge in [-0.3, -0.25) is 0 Å². The SMILES string of the molecule is Cc1ccc(COc2cccc(CO)c2)o1. The molecule has 0 saturated heterocycles. The van der Waals surface area contributed by atoms with Gasteiger partial charge in [-0.2, -0.15) is 0 Å². The molecule has 0 amide bonds. The highest BCUT2D eigenvalue weighted by Crippen LogP contribution is 2.16. The number of aryl methyl sites for hydroxylation is 1. The molecule has 0 radical (unpaired) electrons. The molecule has 84 valence electrons. The van der Waals surface area contributed by atoms with Crippen molar-refractivity contribution in [2.45, 2.75) is 20.1 Å². The molecule has 0 saturated carbocycles. The molecule has 1 aromatic heterocycles. The molecule has 0 unspecified atom stereocenters. The molecule has 1 heterocycles. The Morgan fingerprint density at radius 2 is 2.12 bits per heavy atom. The van der Waals surface area contributed by atoms with Gasteiger partial charge in [-0.25, -0.2) is 0 Å². The van der Waals surface area contributed by atoms with Crippen molar-refractivity contribution in [2.75, 3.05) is 0 Å². The van der Waals surface area contributed by atoms with Crippen LogP contribution in [-0.2, 0) is 13.2 Å². The molecule has 0 fully saturated rings. The molecule has 3 nitrogen and oxygen atoms in total. The Kier molecular flexibility index (Phi) is 3.27. The fraction of sp³-hybridized carbons (Fsp3) is 0.231. The smallest absolute Gasteiger partial charge is 0.146 e. The van der Waals surface area contributed by atoms with Crippen molar-refractivity contribution in [3.05, 3.63) is 53.5 Å². The number of hydrogen-bond acceptors (Lipinski definition) is 3. The first kappa shape index (κ1) is 10.8. The Bertz CT molecular complexity index is 460. The lowest BCUT2D eigenvalue weighted by Gasteiger charge is -2.05. The number of rotatable bonds is 4. The maximum absolute atomic E-state index is 8.98. The first-order chi connectivity index (χ1) is 7.78. The second-order valence-electron chi connectivity index (χ2n) is 3.61. The van der Waals surface area contributed by atoms with Gasteiger partial charge >= 0.3 is 0 Å². The monoisotopic (exact) mass is 218 g/mol. The molecule has 0 spiro atoms. The van der Waals surface area contributed by atoms with E-state index in [1.165, 1.54) is 0 Å². The Hall–Kier alpha value is -1.74. The first-order valence-corrected chi connectivity index (χ1v) is 5.16. The minimum atomic E-state index is 0.0249. The highest BCUT2D eigenvalue weighted by Gasteiger charge is 2.00. The van der Waals surface area contributed by atoms with Crippen LogP contribution < -0.4 is 4.74 Å². The van der Waals surface area contributed by atoms with E-state index < -0.39 is 0 Å². The van der Waals surface area contributed by atoms with Gasteiger partial charge in [0.05, 0.1) is 6.61 Å². The van der Waals surface area contributed by atoms with E-state index >= 15 is 0 Å². The van der Waals surface area contributed by atoms with E-state index in [0.717, 1.165) is 22.8 Å². The van der Waals surface area contributed by atoms with Crippen LogP contribution in [0.4, 0.5) is 0 Å². The molecule has 0 aliphatic rings. The topological polar surface area (TPSA) is 42.6 Å². The van der Waals surface area contributed by atoms with Gasteiger partial charge in [0.25, 0.3) is 0 Å². The summed E-state index contributed by atoms with van der Waals surface area (Å²) in [6, 6.07) is 11.2.